The molecule has 0 saturated heterocycles. The predicted octanol–water partition coefficient (Wildman–Crippen LogP) is 2.66. The minimum atomic E-state index is -0.381. The molecule has 1 amide bonds. The number of guanidine groups is 1. The Kier molecular flexibility index (Phi) is 7.80. The van der Waals surface area contributed by atoms with E-state index < -0.39 is 0 Å². The summed E-state index contributed by atoms with van der Waals surface area (Å²) >= 11 is 0. The Hall–Kier alpha value is -3.09. The summed E-state index contributed by atoms with van der Waals surface area (Å²) in [5, 5.41) is 6.36. The summed E-state index contributed by atoms with van der Waals surface area (Å²) in [6, 6.07) is 13.7. The van der Waals surface area contributed by atoms with Crippen LogP contribution in [0.1, 0.15) is 22.8 Å². The van der Waals surface area contributed by atoms with Gasteiger partial charge in [0.2, 0.25) is 0 Å². The van der Waals surface area contributed by atoms with Crippen LogP contribution >= 0.6 is 0 Å². The molecule has 2 rings (SSSR count). The molecule has 0 aliphatic heterocycles. The lowest BCUT2D eigenvalue weighted by Crippen LogP contribution is -2.41. The van der Waals surface area contributed by atoms with Gasteiger partial charge in [0.25, 0.3) is 5.91 Å². The maximum absolute atomic E-state index is 13.6. The quantitative estimate of drug-likeness (QED) is 0.567. The van der Waals surface area contributed by atoms with Crippen LogP contribution in [-0.4, -0.2) is 50.6 Å². The highest BCUT2D eigenvalue weighted by molar-refractivity contribution is 5.93. The molecule has 0 saturated carbocycles. The second kappa shape index (κ2) is 10.3. The molecule has 2 N–H and O–H groups in total. The monoisotopic (exact) mass is 386 g/mol. The fourth-order valence-corrected chi connectivity index (χ4v) is 2.47. The molecule has 0 aliphatic carbocycles. The number of hydrogen-bond donors (Lipinski definition) is 2. The summed E-state index contributed by atoms with van der Waals surface area (Å²) < 4.78 is 19.2. The molecular weight excluding hydrogens is 359 g/mol. The van der Waals surface area contributed by atoms with E-state index in [1.165, 1.54) is 6.07 Å². The van der Waals surface area contributed by atoms with Gasteiger partial charge in [-0.15, -0.1) is 0 Å². The van der Waals surface area contributed by atoms with E-state index in [0.717, 1.165) is 5.56 Å². The number of para-hydroxylation sites is 1. The van der Waals surface area contributed by atoms with Crippen molar-refractivity contribution in [2.24, 2.45) is 4.99 Å². The Balaban J connectivity index is 1.81. The third-order valence-corrected chi connectivity index (χ3v) is 4.01. The van der Waals surface area contributed by atoms with Crippen LogP contribution in [0.3, 0.4) is 0 Å². The van der Waals surface area contributed by atoms with Crippen molar-refractivity contribution in [3.8, 4) is 5.75 Å². The molecule has 1 unspecified atom stereocenters. The second-order valence-corrected chi connectivity index (χ2v) is 6.56. The van der Waals surface area contributed by atoms with Crippen molar-refractivity contribution >= 4 is 11.9 Å². The van der Waals surface area contributed by atoms with Crippen LogP contribution in [0, 0.1) is 5.82 Å². The van der Waals surface area contributed by atoms with Crippen molar-refractivity contribution in [2.45, 2.75) is 19.6 Å². The van der Waals surface area contributed by atoms with Gasteiger partial charge in [-0.1, -0.05) is 24.3 Å². The number of hydrogen-bond acceptors (Lipinski definition) is 3. The molecule has 1 atom stereocenters. The highest BCUT2D eigenvalue weighted by Gasteiger charge is 2.10. The smallest absolute Gasteiger partial charge is 0.253 e. The molecule has 0 spiro atoms. The number of nitrogens with one attached hydrogen (secondary N) is 2. The third-order valence-electron chi connectivity index (χ3n) is 4.01. The first kappa shape index (κ1) is 21.2. The minimum Gasteiger partial charge on any atom is -0.486 e. The second-order valence-electron chi connectivity index (χ2n) is 6.56. The van der Waals surface area contributed by atoms with Gasteiger partial charge in [0, 0.05) is 33.3 Å². The summed E-state index contributed by atoms with van der Waals surface area (Å²) in [6.45, 7) is 2.87. The molecule has 2 aromatic carbocycles. The van der Waals surface area contributed by atoms with Gasteiger partial charge in [-0.3, -0.25) is 9.79 Å². The van der Waals surface area contributed by atoms with E-state index in [0.29, 0.717) is 24.6 Å². The lowest BCUT2D eigenvalue weighted by molar-refractivity contribution is 0.0827. The highest BCUT2D eigenvalue weighted by Crippen LogP contribution is 2.16. The fraction of sp³-hybridized carbons (Fsp3) is 0.333. The maximum Gasteiger partial charge on any atom is 0.253 e. The van der Waals surface area contributed by atoms with Gasteiger partial charge in [-0.25, -0.2) is 4.39 Å². The van der Waals surface area contributed by atoms with E-state index in [4.69, 9.17) is 4.74 Å². The third kappa shape index (κ3) is 6.26. The number of carbonyl (C=O) groups excluding carboxylic acids is 1. The molecule has 150 valence electrons. The van der Waals surface area contributed by atoms with Crippen molar-refractivity contribution < 1.29 is 13.9 Å². The molecule has 0 aliphatic rings. The summed E-state index contributed by atoms with van der Waals surface area (Å²) in [6.07, 6.45) is -0.244. The van der Waals surface area contributed by atoms with E-state index >= 15 is 0 Å². The number of rotatable bonds is 7. The standard InChI is InChI=1S/C21H27FN4O2/c1-15(28-19-8-6-5-7-18(19)22)13-24-21(23-2)25-14-16-9-11-17(12-10-16)20(27)26(3)4/h5-12,15H,13-14H2,1-4H3,(H2,23,24,25). The molecule has 0 aromatic heterocycles. The van der Waals surface area contributed by atoms with Gasteiger partial charge in [0.05, 0.1) is 6.54 Å². The first-order valence-corrected chi connectivity index (χ1v) is 9.07. The van der Waals surface area contributed by atoms with Crippen molar-refractivity contribution in [2.75, 3.05) is 27.7 Å². The molecule has 7 heteroatoms. The highest BCUT2D eigenvalue weighted by atomic mass is 19.1. The normalized spacial score (nSPS) is 12.2. The van der Waals surface area contributed by atoms with Crippen LogP contribution in [0.15, 0.2) is 53.5 Å². The molecule has 0 heterocycles. The fourth-order valence-electron chi connectivity index (χ4n) is 2.47. The summed E-state index contributed by atoms with van der Waals surface area (Å²) in [5.74, 6) is 0.429. The van der Waals surface area contributed by atoms with Crippen LogP contribution < -0.4 is 15.4 Å². The number of nitrogens with zero attached hydrogens (tertiary/aromatic N) is 2. The van der Waals surface area contributed by atoms with Gasteiger partial charge in [-0.2, -0.15) is 0 Å². The number of halogens is 1. The molecule has 0 radical (unpaired) electrons. The van der Waals surface area contributed by atoms with Crippen molar-refractivity contribution in [3.63, 3.8) is 0 Å². The number of carbonyl (C=O) groups is 1. The molecule has 28 heavy (non-hydrogen) atoms. The van der Waals surface area contributed by atoms with Crippen LogP contribution in [0.4, 0.5) is 4.39 Å². The first-order valence-electron chi connectivity index (χ1n) is 9.07. The number of ether oxygens (including phenoxy) is 1. The first-order chi connectivity index (χ1) is 13.4. The topological polar surface area (TPSA) is 66.0 Å². The maximum atomic E-state index is 13.6. The van der Waals surface area contributed by atoms with Gasteiger partial charge in [0.1, 0.15) is 6.10 Å². The van der Waals surface area contributed by atoms with E-state index in [1.54, 1.807) is 56.4 Å². The average Bonchev–Trinajstić information content (AvgIpc) is 2.69. The van der Waals surface area contributed by atoms with Crippen LogP contribution in [0.5, 0.6) is 5.75 Å². The molecule has 6 nitrogen and oxygen atoms in total. The van der Waals surface area contributed by atoms with Gasteiger partial charge in [-0.05, 0) is 36.8 Å². The Morgan fingerprint density at radius 3 is 2.43 bits per heavy atom. The Morgan fingerprint density at radius 1 is 1.14 bits per heavy atom. The lowest BCUT2D eigenvalue weighted by Gasteiger charge is -2.18. The summed E-state index contributed by atoms with van der Waals surface area (Å²) in [4.78, 5) is 17.6. The Labute approximate surface area is 165 Å². The SMILES string of the molecule is CN=C(NCc1ccc(C(=O)N(C)C)cc1)NCC(C)Oc1ccccc1F. The molecular formula is C21H27FN4O2. The van der Waals surface area contributed by atoms with Crippen molar-refractivity contribution in [1.29, 1.82) is 0 Å². The predicted molar refractivity (Wildman–Crippen MR) is 109 cm³/mol. The minimum absolute atomic E-state index is 0.0270. The van der Waals surface area contributed by atoms with E-state index in [1.807, 2.05) is 19.1 Å². The van der Waals surface area contributed by atoms with Crippen molar-refractivity contribution in [1.82, 2.24) is 15.5 Å². The number of amides is 1. The zero-order valence-corrected chi connectivity index (χ0v) is 16.7. The molecule has 2 aromatic rings. The average molecular weight is 386 g/mol. The zero-order valence-electron chi connectivity index (χ0n) is 16.7. The number of aliphatic imine (C=N–C) groups is 1. The zero-order chi connectivity index (χ0) is 20.5. The van der Waals surface area contributed by atoms with Gasteiger partial charge >= 0.3 is 0 Å². The Bertz CT molecular complexity index is 806. The summed E-state index contributed by atoms with van der Waals surface area (Å²) in [5.41, 5.74) is 1.67. The van der Waals surface area contributed by atoms with E-state index in [9.17, 15) is 9.18 Å². The van der Waals surface area contributed by atoms with Crippen LogP contribution in [-0.2, 0) is 6.54 Å². The van der Waals surface area contributed by atoms with Gasteiger partial charge in [0.15, 0.2) is 17.5 Å². The van der Waals surface area contributed by atoms with E-state index in [2.05, 4.69) is 15.6 Å². The van der Waals surface area contributed by atoms with Crippen LogP contribution in [0.2, 0.25) is 0 Å². The lowest BCUT2D eigenvalue weighted by atomic mass is 10.1. The van der Waals surface area contributed by atoms with Gasteiger partial charge < -0.3 is 20.3 Å². The molecule has 0 fully saturated rings. The Morgan fingerprint density at radius 2 is 1.82 bits per heavy atom. The number of benzene rings is 2. The summed E-state index contributed by atoms with van der Waals surface area (Å²) in [7, 11) is 5.13. The molecule has 0 bridgehead atoms. The van der Waals surface area contributed by atoms with Crippen LogP contribution in [0.25, 0.3) is 0 Å². The van der Waals surface area contributed by atoms with E-state index in [-0.39, 0.29) is 23.6 Å². The largest absolute Gasteiger partial charge is 0.486 e. The van der Waals surface area contributed by atoms with Crippen molar-refractivity contribution in [3.05, 3.63) is 65.5 Å².